The Labute approximate surface area is 853 Å². The Hall–Kier alpha value is -19.4. The summed E-state index contributed by atoms with van der Waals surface area (Å²) < 4.78 is 0. The lowest BCUT2D eigenvalue weighted by Gasteiger charge is -2.14. The van der Waals surface area contributed by atoms with Crippen LogP contribution in [0.3, 0.4) is 0 Å². The highest BCUT2D eigenvalue weighted by atomic mass is 15.1. The molecule has 6 heterocycles. The number of aryl methyl sites for hydroxylation is 5. The lowest BCUT2D eigenvalue weighted by atomic mass is 9.92. The Morgan fingerprint density at radius 2 is 0.374 bits per heavy atom. The van der Waals surface area contributed by atoms with Gasteiger partial charge in [0.05, 0.1) is 11.4 Å². The molecule has 13 nitrogen and oxygen atoms in total. The van der Waals surface area contributed by atoms with Crippen molar-refractivity contribution in [2.45, 2.75) is 34.6 Å². The summed E-state index contributed by atoms with van der Waals surface area (Å²) in [4.78, 5) is 64.4. The summed E-state index contributed by atoms with van der Waals surface area (Å²) in [6, 6.07) is 168. The number of nitrogens with zero attached hydrogens (tertiary/aromatic N) is 13. The zero-order chi connectivity index (χ0) is 99.1. The molecule has 13 heteroatoms. The lowest BCUT2D eigenvalue weighted by molar-refractivity contribution is 1.06. The van der Waals surface area contributed by atoms with E-state index in [1.165, 1.54) is 37.9 Å². The van der Waals surface area contributed by atoms with Crippen molar-refractivity contribution in [3.63, 3.8) is 0 Å². The highest BCUT2D eigenvalue weighted by Crippen LogP contribution is 2.42. The average Bonchev–Trinajstić information content (AvgIpc) is 0.776. The summed E-state index contributed by atoms with van der Waals surface area (Å²) in [5.41, 5.74) is 31.8. The van der Waals surface area contributed by atoms with Crippen LogP contribution in [0.2, 0.25) is 0 Å². The standard InChI is InChI=1S/C47H32N4.C44H32N4.C43H31N5/c1-31-10-9-17-44(48-31)36-22-18-35(19-23-36)42-28-41(32-11-3-2-4-12-32)29-43(30-42)47-50-45(39-24-20-33-13-5-7-15-37(33)26-39)49-46(51-47)40-25-21-34-14-6-8-16-38(34)27-40;1-29-24-30(2)45-41(25-29)33-22-20-31(21-23-33)36-26-37(40-19-11-17-32-12-9-10-18-39(32)40)28-38(27-36)44-47-42(34-13-5-3-6-14-34)46-43(48-44)35-15-7-4-8-16-35;1-28-23-29(2)45-40(44-28)34-20-17-31(18-21-34)37-25-38(36-22-19-30-11-9-10-16-35(30)24-36)27-39(26-37)43-47-41(32-12-5-3-6-13-32)46-42(48-43)33-14-7-4-8-15-33/h2-30H,1H3;3-28H,1-2H3;3-27H,1-2H3. The van der Waals surface area contributed by atoms with Crippen LogP contribution in [0.1, 0.15) is 28.3 Å². The molecule has 0 spiro atoms. The number of rotatable bonds is 18. The second-order valence-corrected chi connectivity index (χ2v) is 36.9. The van der Waals surface area contributed by atoms with E-state index in [2.05, 4.69) is 357 Å². The van der Waals surface area contributed by atoms with E-state index in [-0.39, 0.29) is 0 Å². The van der Waals surface area contributed by atoms with Gasteiger partial charge in [-0.3, -0.25) is 9.97 Å². The normalized spacial score (nSPS) is 11.2. The van der Waals surface area contributed by atoms with Gasteiger partial charge in [-0.2, -0.15) is 0 Å². The number of fused-ring (bicyclic) bond motifs is 4. The molecular weight excluding hydrogens is 1790 g/mol. The van der Waals surface area contributed by atoms with Crippen LogP contribution in [0.15, 0.2) is 485 Å². The molecule has 0 aliphatic carbocycles. The van der Waals surface area contributed by atoms with Gasteiger partial charge in [0.15, 0.2) is 58.2 Å². The van der Waals surface area contributed by atoms with Crippen LogP contribution in [0.4, 0.5) is 0 Å². The molecule has 0 saturated carbocycles. The molecular formula is C134H95N13. The number of hydrogen-bond acceptors (Lipinski definition) is 13. The van der Waals surface area contributed by atoms with Crippen LogP contribution in [-0.2, 0) is 0 Å². The predicted octanol–water partition coefficient (Wildman–Crippen LogP) is 33.4. The molecule has 19 aromatic carbocycles. The summed E-state index contributed by atoms with van der Waals surface area (Å²) >= 11 is 0. The predicted molar refractivity (Wildman–Crippen MR) is 602 cm³/mol. The maximum Gasteiger partial charge on any atom is 0.164 e. The van der Waals surface area contributed by atoms with Crippen LogP contribution in [0.5, 0.6) is 0 Å². The van der Waals surface area contributed by atoms with Crippen molar-refractivity contribution in [1.29, 1.82) is 0 Å². The summed E-state index contributed by atoms with van der Waals surface area (Å²) in [6.45, 7) is 10.2. The number of aromatic nitrogens is 13. The number of hydrogen-bond donors (Lipinski definition) is 0. The average molecular weight is 1890 g/mol. The Kier molecular flexibility index (Phi) is 25.5. The maximum absolute atomic E-state index is 5.17. The van der Waals surface area contributed by atoms with Gasteiger partial charge in [-0.15, -0.1) is 0 Å². The van der Waals surface area contributed by atoms with Gasteiger partial charge < -0.3 is 0 Å². The first-order valence-corrected chi connectivity index (χ1v) is 49.3. The molecule has 0 N–H and O–H groups in total. The van der Waals surface area contributed by atoms with E-state index in [0.29, 0.717) is 52.4 Å². The second-order valence-electron chi connectivity index (χ2n) is 36.9. The Balaban J connectivity index is 0.000000122. The first kappa shape index (κ1) is 91.4. The first-order valence-electron chi connectivity index (χ1n) is 49.3. The van der Waals surface area contributed by atoms with E-state index in [0.717, 1.165) is 184 Å². The van der Waals surface area contributed by atoms with Crippen LogP contribution in [-0.4, -0.2) is 64.8 Å². The Morgan fingerprint density at radius 3 is 0.782 bits per heavy atom. The third-order valence-electron chi connectivity index (χ3n) is 26.4. The maximum atomic E-state index is 5.17. The molecule has 0 aliphatic rings. The van der Waals surface area contributed by atoms with Crippen molar-refractivity contribution in [3.8, 4) is 203 Å². The summed E-state index contributed by atoms with van der Waals surface area (Å²) in [7, 11) is 0. The minimum absolute atomic E-state index is 0.617. The fourth-order valence-corrected chi connectivity index (χ4v) is 19.1. The van der Waals surface area contributed by atoms with E-state index < -0.39 is 0 Å². The third kappa shape index (κ3) is 20.5. The summed E-state index contributed by atoms with van der Waals surface area (Å²) in [5.74, 6) is 6.42. The molecule has 0 fully saturated rings. The highest BCUT2D eigenvalue weighted by molar-refractivity contribution is 5.99. The van der Waals surface area contributed by atoms with E-state index in [9.17, 15) is 0 Å². The van der Waals surface area contributed by atoms with E-state index in [1.54, 1.807) is 0 Å². The first-order chi connectivity index (χ1) is 72.2. The molecule has 0 radical (unpaired) electrons. The van der Waals surface area contributed by atoms with Crippen molar-refractivity contribution in [1.82, 2.24) is 64.8 Å². The molecule has 0 amide bonds. The van der Waals surface area contributed by atoms with Gasteiger partial charge in [0.1, 0.15) is 0 Å². The van der Waals surface area contributed by atoms with Crippen molar-refractivity contribution >= 4 is 43.1 Å². The van der Waals surface area contributed by atoms with Gasteiger partial charge in [-0.1, -0.05) is 382 Å². The van der Waals surface area contributed by atoms with Crippen LogP contribution in [0.25, 0.3) is 246 Å². The topological polar surface area (TPSA) is 168 Å². The van der Waals surface area contributed by atoms with Crippen LogP contribution in [0, 0.1) is 34.6 Å². The van der Waals surface area contributed by atoms with Gasteiger partial charge >= 0.3 is 0 Å². The Morgan fingerprint density at radius 1 is 0.116 bits per heavy atom. The molecule has 0 aliphatic heterocycles. The fraction of sp³-hybridized carbons (Fsp3) is 0.0373. The molecule has 0 bridgehead atoms. The molecule has 0 unspecified atom stereocenters. The van der Waals surface area contributed by atoms with Crippen molar-refractivity contribution < 1.29 is 0 Å². The lowest BCUT2D eigenvalue weighted by Crippen LogP contribution is -2.01. The monoisotopic (exact) mass is 1890 g/mol. The van der Waals surface area contributed by atoms with Crippen LogP contribution < -0.4 is 0 Å². The Bertz CT molecular complexity index is 8930. The largest absolute Gasteiger partial charge is 0.253 e. The smallest absolute Gasteiger partial charge is 0.164 e. The molecule has 147 heavy (non-hydrogen) atoms. The van der Waals surface area contributed by atoms with E-state index >= 15 is 0 Å². The SMILES string of the molecule is Cc1cc(C)nc(-c2ccc(-c3cc(-c4ccc5ccccc5c4)cc(-c4nc(-c5ccccc5)nc(-c5ccccc5)n4)c3)cc2)n1.Cc1cc(C)nc(-c2ccc(-c3cc(-c4nc(-c5ccccc5)nc(-c5ccccc5)n4)cc(-c4cccc5ccccc45)c3)cc2)c1.Cc1cccc(-c2ccc(-c3cc(-c4ccccc4)cc(-c4nc(-c5ccc6ccccc6c5)nc(-c5ccc6ccccc6c5)n4)c3)cc2)n1. The molecule has 0 atom stereocenters. The van der Waals surface area contributed by atoms with Crippen molar-refractivity contribution in [2.75, 3.05) is 0 Å². The molecule has 25 rings (SSSR count). The number of pyridine rings is 2. The number of benzene rings is 19. The van der Waals surface area contributed by atoms with Gasteiger partial charge in [-0.05, 0) is 253 Å². The minimum atomic E-state index is 0.617. The zero-order valence-corrected chi connectivity index (χ0v) is 81.5. The molecule has 0 saturated heterocycles. The third-order valence-corrected chi connectivity index (χ3v) is 26.4. The highest BCUT2D eigenvalue weighted by Gasteiger charge is 2.23. The summed E-state index contributed by atoms with van der Waals surface area (Å²) in [5, 5.41) is 9.43. The van der Waals surface area contributed by atoms with E-state index in [1.807, 2.05) is 173 Å². The van der Waals surface area contributed by atoms with Gasteiger partial charge in [-0.25, -0.2) is 54.8 Å². The second kappa shape index (κ2) is 41.1. The fourth-order valence-electron chi connectivity index (χ4n) is 19.1. The van der Waals surface area contributed by atoms with Gasteiger partial charge in [0.2, 0.25) is 0 Å². The molecule has 6 aromatic heterocycles. The van der Waals surface area contributed by atoms with Gasteiger partial charge in [0, 0.05) is 89.5 Å². The molecule has 696 valence electrons. The van der Waals surface area contributed by atoms with Gasteiger partial charge in [0.25, 0.3) is 0 Å². The van der Waals surface area contributed by atoms with Crippen molar-refractivity contribution in [3.05, 3.63) is 514 Å². The molecule has 25 aromatic rings. The van der Waals surface area contributed by atoms with Crippen molar-refractivity contribution in [2.24, 2.45) is 0 Å². The van der Waals surface area contributed by atoms with E-state index in [4.69, 9.17) is 54.8 Å². The zero-order valence-electron chi connectivity index (χ0n) is 81.5. The minimum Gasteiger partial charge on any atom is -0.253 e. The summed E-state index contributed by atoms with van der Waals surface area (Å²) in [6.07, 6.45) is 0. The van der Waals surface area contributed by atoms with Crippen LogP contribution >= 0.6 is 0 Å². The quantitative estimate of drug-likeness (QED) is 0.0797.